The highest BCUT2D eigenvalue weighted by atomic mass is 19.1. The predicted molar refractivity (Wildman–Crippen MR) is 100 cm³/mol. The van der Waals surface area contributed by atoms with Crippen molar-refractivity contribution in [3.8, 4) is 0 Å². The lowest BCUT2D eigenvalue weighted by atomic mass is 10.0. The molecule has 0 saturated carbocycles. The van der Waals surface area contributed by atoms with Crippen molar-refractivity contribution in [3.05, 3.63) is 77.6 Å². The summed E-state index contributed by atoms with van der Waals surface area (Å²) >= 11 is 0. The molecule has 2 N–H and O–H groups in total. The molecular weight excluding hydrogens is 350 g/mol. The van der Waals surface area contributed by atoms with Crippen LogP contribution in [0.4, 0.5) is 26.1 Å². The van der Waals surface area contributed by atoms with E-state index in [4.69, 9.17) is 0 Å². The number of para-hydroxylation sites is 1. The number of hydrogen-bond donors (Lipinski definition) is 2. The Morgan fingerprint density at radius 3 is 2.56 bits per heavy atom. The summed E-state index contributed by atoms with van der Waals surface area (Å²) in [5.41, 5.74) is 1.86. The molecule has 3 rings (SSSR count). The topological polar surface area (TPSA) is 66.9 Å². The summed E-state index contributed by atoms with van der Waals surface area (Å²) in [6.07, 6.45) is 1.43. The van der Waals surface area contributed by atoms with Crippen LogP contribution in [-0.2, 0) is 0 Å². The molecule has 27 heavy (non-hydrogen) atoms. The van der Waals surface area contributed by atoms with Gasteiger partial charge in [-0.2, -0.15) is 0 Å². The van der Waals surface area contributed by atoms with Gasteiger partial charge in [-0.15, -0.1) is 0 Å². The van der Waals surface area contributed by atoms with Crippen molar-refractivity contribution in [1.82, 2.24) is 9.97 Å². The van der Waals surface area contributed by atoms with Crippen LogP contribution >= 0.6 is 0 Å². The number of nitrogens with zero attached hydrogens (tertiary/aromatic N) is 2. The van der Waals surface area contributed by atoms with E-state index in [1.807, 2.05) is 24.3 Å². The summed E-state index contributed by atoms with van der Waals surface area (Å²) in [5.74, 6) is -1.66. The Morgan fingerprint density at radius 1 is 1.04 bits per heavy atom. The highest BCUT2D eigenvalue weighted by molar-refractivity contribution is 6.03. The molecule has 5 nitrogen and oxygen atoms in total. The van der Waals surface area contributed by atoms with Gasteiger partial charge in [0.15, 0.2) is 0 Å². The lowest BCUT2D eigenvalue weighted by molar-refractivity contribution is 0.102. The summed E-state index contributed by atoms with van der Waals surface area (Å²) in [6, 6.07) is 12.1. The van der Waals surface area contributed by atoms with E-state index < -0.39 is 17.5 Å². The molecule has 7 heteroatoms. The molecule has 0 aliphatic carbocycles. The van der Waals surface area contributed by atoms with Gasteiger partial charge in [0.2, 0.25) is 5.95 Å². The third-order valence-electron chi connectivity index (χ3n) is 3.90. The molecule has 2 aromatic carbocycles. The van der Waals surface area contributed by atoms with Crippen LogP contribution in [0.3, 0.4) is 0 Å². The van der Waals surface area contributed by atoms with E-state index in [-0.39, 0.29) is 17.3 Å². The minimum absolute atomic E-state index is 0.0539. The molecule has 138 valence electrons. The Kier molecular flexibility index (Phi) is 5.40. The molecule has 0 atom stereocenters. The Balaban J connectivity index is 1.80. The van der Waals surface area contributed by atoms with Gasteiger partial charge in [-0.05, 0) is 35.7 Å². The van der Waals surface area contributed by atoms with Gasteiger partial charge in [0.05, 0.1) is 5.69 Å². The molecule has 1 amide bonds. The zero-order valence-corrected chi connectivity index (χ0v) is 14.8. The van der Waals surface area contributed by atoms with Crippen molar-refractivity contribution in [2.45, 2.75) is 19.8 Å². The van der Waals surface area contributed by atoms with Gasteiger partial charge < -0.3 is 10.6 Å². The summed E-state index contributed by atoms with van der Waals surface area (Å²) in [5, 5.41) is 5.48. The fourth-order valence-electron chi connectivity index (χ4n) is 2.56. The van der Waals surface area contributed by atoms with Gasteiger partial charge in [0.1, 0.15) is 17.3 Å². The fraction of sp³-hybridized carbons (Fsp3) is 0.150. The maximum absolute atomic E-state index is 13.7. The number of anilines is 3. The van der Waals surface area contributed by atoms with Crippen molar-refractivity contribution in [3.63, 3.8) is 0 Å². The lowest BCUT2D eigenvalue weighted by Crippen LogP contribution is -2.16. The summed E-state index contributed by atoms with van der Waals surface area (Å²) in [7, 11) is 0. The molecule has 0 aliphatic heterocycles. The van der Waals surface area contributed by atoms with E-state index in [2.05, 4.69) is 34.4 Å². The monoisotopic (exact) mass is 368 g/mol. The van der Waals surface area contributed by atoms with Gasteiger partial charge in [0, 0.05) is 18.0 Å². The number of rotatable bonds is 5. The second kappa shape index (κ2) is 7.90. The predicted octanol–water partition coefficient (Wildman–Crippen LogP) is 4.87. The smallest absolute Gasteiger partial charge is 0.274 e. The average molecular weight is 368 g/mol. The van der Waals surface area contributed by atoms with Crippen molar-refractivity contribution in [2.24, 2.45) is 0 Å². The number of nitrogens with one attached hydrogen (secondary N) is 2. The fourth-order valence-corrected chi connectivity index (χ4v) is 2.56. The van der Waals surface area contributed by atoms with Gasteiger partial charge in [-0.25, -0.2) is 18.7 Å². The summed E-state index contributed by atoms with van der Waals surface area (Å²) in [4.78, 5) is 20.7. The largest absolute Gasteiger partial charge is 0.324 e. The first kappa shape index (κ1) is 18.4. The zero-order chi connectivity index (χ0) is 19.4. The minimum atomic E-state index is -0.860. The standard InChI is InChI=1S/C20H18F2N4O/c1-12(2)14-5-3-4-6-16(14)25-20-23-10-9-18(26-20)19(27)24-17-8-7-13(21)11-15(17)22/h3-12H,1-2H3,(H,24,27)(H,23,25,26). The molecule has 0 fully saturated rings. The Labute approximate surface area is 155 Å². The average Bonchev–Trinajstić information content (AvgIpc) is 2.64. The van der Waals surface area contributed by atoms with Gasteiger partial charge >= 0.3 is 0 Å². The maximum Gasteiger partial charge on any atom is 0.274 e. The minimum Gasteiger partial charge on any atom is -0.324 e. The van der Waals surface area contributed by atoms with Crippen LogP contribution in [0.2, 0.25) is 0 Å². The van der Waals surface area contributed by atoms with Crippen LogP contribution in [0, 0.1) is 11.6 Å². The molecule has 0 bridgehead atoms. The maximum atomic E-state index is 13.7. The van der Waals surface area contributed by atoms with Crippen LogP contribution in [-0.4, -0.2) is 15.9 Å². The van der Waals surface area contributed by atoms with Crippen molar-refractivity contribution in [1.29, 1.82) is 0 Å². The summed E-state index contributed by atoms with van der Waals surface area (Å²) < 4.78 is 26.7. The van der Waals surface area contributed by atoms with Crippen molar-refractivity contribution in [2.75, 3.05) is 10.6 Å². The van der Waals surface area contributed by atoms with Gasteiger partial charge in [-0.3, -0.25) is 4.79 Å². The number of aromatic nitrogens is 2. The van der Waals surface area contributed by atoms with E-state index >= 15 is 0 Å². The number of carbonyl (C=O) groups excluding carboxylic acids is 1. The van der Waals surface area contributed by atoms with Crippen LogP contribution in [0.1, 0.15) is 35.8 Å². The van der Waals surface area contributed by atoms with Gasteiger partial charge in [-0.1, -0.05) is 32.0 Å². The van der Waals surface area contributed by atoms with E-state index in [0.717, 1.165) is 23.4 Å². The molecule has 0 radical (unpaired) electrons. The van der Waals surface area contributed by atoms with Crippen LogP contribution < -0.4 is 10.6 Å². The van der Waals surface area contributed by atoms with Crippen LogP contribution in [0.25, 0.3) is 0 Å². The number of halogens is 2. The van der Waals surface area contributed by atoms with E-state index in [9.17, 15) is 13.6 Å². The molecule has 0 unspecified atom stereocenters. The van der Waals surface area contributed by atoms with Crippen molar-refractivity contribution >= 4 is 23.2 Å². The molecule has 1 aromatic heterocycles. The van der Waals surface area contributed by atoms with Gasteiger partial charge in [0.25, 0.3) is 5.91 Å². The molecule has 0 saturated heterocycles. The quantitative estimate of drug-likeness (QED) is 0.674. The highest BCUT2D eigenvalue weighted by Gasteiger charge is 2.13. The Bertz CT molecular complexity index is 976. The molecule has 0 spiro atoms. The number of benzene rings is 2. The normalized spacial score (nSPS) is 10.7. The number of carbonyl (C=O) groups is 1. The molecule has 3 aromatic rings. The zero-order valence-electron chi connectivity index (χ0n) is 14.8. The second-order valence-electron chi connectivity index (χ2n) is 6.21. The van der Waals surface area contributed by atoms with E-state index in [1.165, 1.54) is 12.3 Å². The van der Waals surface area contributed by atoms with Crippen LogP contribution in [0.5, 0.6) is 0 Å². The SMILES string of the molecule is CC(C)c1ccccc1Nc1nccc(C(=O)Nc2ccc(F)cc2F)n1. The highest BCUT2D eigenvalue weighted by Crippen LogP contribution is 2.25. The third-order valence-corrected chi connectivity index (χ3v) is 3.90. The number of hydrogen-bond acceptors (Lipinski definition) is 4. The first-order chi connectivity index (χ1) is 12.9. The molecular formula is C20H18F2N4O. The lowest BCUT2D eigenvalue weighted by Gasteiger charge is -2.13. The third kappa shape index (κ3) is 4.44. The van der Waals surface area contributed by atoms with Crippen molar-refractivity contribution < 1.29 is 13.6 Å². The number of amides is 1. The Hall–Kier alpha value is -3.35. The second-order valence-corrected chi connectivity index (χ2v) is 6.21. The van der Waals surface area contributed by atoms with E-state index in [1.54, 1.807) is 0 Å². The summed E-state index contributed by atoms with van der Waals surface area (Å²) in [6.45, 7) is 4.14. The van der Waals surface area contributed by atoms with E-state index in [0.29, 0.717) is 12.0 Å². The first-order valence-corrected chi connectivity index (χ1v) is 8.39. The molecule has 1 heterocycles. The van der Waals surface area contributed by atoms with Crippen LogP contribution in [0.15, 0.2) is 54.7 Å². The molecule has 0 aliphatic rings. The first-order valence-electron chi connectivity index (χ1n) is 8.39. The Morgan fingerprint density at radius 2 is 1.81 bits per heavy atom.